The molecule has 4 nitrogen and oxygen atoms in total. The Morgan fingerprint density at radius 2 is 2.06 bits per heavy atom. The Kier molecular flexibility index (Phi) is 3.77. The number of aryl methyl sites for hydroxylation is 2. The molecule has 0 unspecified atom stereocenters. The second-order valence-corrected chi connectivity index (χ2v) is 4.82. The number of benzene rings is 1. The normalized spacial score (nSPS) is 11.2. The minimum atomic E-state index is 0.490. The molecule has 0 bridgehead atoms. The third kappa shape index (κ3) is 2.96. The molecule has 0 saturated heterocycles. The topological polar surface area (TPSA) is 42.7 Å². The van der Waals surface area contributed by atoms with Crippen molar-refractivity contribution in [1.82, 2.24) is 20.1 Å². The summed E-state index contributed by atoms with van der Waals surface area (Å²) in [6.07, 6.45) is 0. The Bertz CT molecular complexity index is 528. The van der Waals surface area contributed by atoms with Crippen LogP contribution in [0.2, 0.25) is 0 Å². The summed E-state index contributed by atoms with van der Waals surface area (Å²) in [5.74, 6) is 1.72. The van der Waals surface area contributed by atoms with E-state index in [0.29, 0.717) is 6.04 Å². The van der Waals surface area contributed by atoms with Gasteiger partial charge in [0.1, 0.15) is 11.6 Å². The van der Waals surface area contributed by atoms with Crippen molar-refractivity contribution in [2.75, 3.05) is 0 Å². The van der Waals surface area contributed by atoms with Crippen molar-refractivity contribution < 1.29 is 0 Å². The average Bonchev–Trinajstić information content (AvgIpc) is 2.66. The van der Waals surface area contributed by atoms with Crippen molar-refractivity contribution in [2.45, 2.75) is 40.3 Å². The summed E-state index contributed by atoms with van der Waals surface area (Å²) in [5, 5.41) is 7.82. The SMILES string of the molecule is Cc1nc(C)n(-c2cccc(CNC(C)C)c2)n1. The first-order valence-corrected chi connectivity index (χ1v) is 6.29. The maximum atomic E-state index is 4.40. The standard InChI is InChI=1S/C14H20N4/c1-10(2)15-9-13-6-5-7-14(8-13)18-12(4)16-11(3)17-18/h5-8,10,15H,9H2,1-4H3. The van der Waals surface area contributed by atoms with E-state index < -0.39 is 0 Å². The lowest BCUT2D eigenvalue weighted by molar-refractivity contribution is 0.588. The lowest BCUT2D eigenvalue weighted by atomic mass is 10.2. The van der Waals surface area contributed by atoms with Crippen LogP contribution in [0, 0.1) is 13.8 Å². The molecular weight excluding hydrogens is 224 g/mol. The van der Waals surface area contributed by atoms with E-state index in [0.717, 1.165) is 23.9 Å². The summed E-state index contributed by atoms with van der Waals surface area (Å²) in [6.45, 7) is 9.05. The highest BCUT2D eigenvalue weighted by Gasteiger charge is 2.05. The van der Waals surface area contributed by atoms with Gasteiger partial charge in [0.25, 0.3) is 0 Å². The maximum absolute atomic E-state index is 4.40. The molecule has 1 aromatic heterocycles. The predicted molar refractivity (Wildman–Crippen MR) is 72.8 cm³/mol. The van der Waals surface area contributed by atoms with Crippen LogP contribution in [0.1, 0.15) is 31.1 Å². The van der Waals surface area contributed by atoms with E-state index in [1.807, 2.05) is 18.5 Å². The first-order valence-electron chi connectivity index (χ1n) is 6.29. The van der Waals surface area contributed by atoms with E-state index in [9.17, 15) is 0 Å². The molecule has 1 heterocycles. The lowest BCUT2D eigenvalue weighted by Crippen LogP contribution is -2.21. The number of nitrogens with zero attached hydrogens (tertiary/aromatic N) is 3. The zero-order chi connectivity index (χ0) is 13.1. The Morgan fingerprint density at radius 3 is 2.67 bits per heavy atom. The van der Waals surface area contributed by atoms with Gasteiger partial charge in [-0.3, -0.25) is 0 Å². The second kappa shape index (κ2) is 5.31. The van der Waals surface area contributed by atoms with E-state index in [1.54, 1.807) is 0 Å². The zero-order valence-electron chi connectivity index (χ0n) is 11.4. The van der Waals surface area contributed by atoms with Crippen LogP contribution < -0.4 is 5.32 Å². The summed E-state index contributed by atoms with van der Waals surface area (Å²) in [5.41, 5.74) is 2.32. The first kappa shape index (κ1) is 12.8. The second-order valence-electron chi connectivity index (χ2n) is 4.82. The third-order valence-electron chi connectivity index (χ3n) is 2.74. The monoisotopic (exact) mass is 244 g/mol. The molecule has 96 valence electrons. The molecule has 4 heteroatoms. The number of hydrogen-bond donors (Lipinski definition) is 1. The molecule has 18 heavy (non-hydrogen) atoms. The van der Waals surface area contributed by atoms with Crippen molar-refractivity contribution in [1.29, 1.82) is 0 Å². The molecule has 0 fully saturated rings. The van der Waals surface area contributed by atoms with Gasteiger partial charge >= 0.3 is 0 Å². The molecule has 0 amide bonds. The van der Waals surface area contributed by atoms with Crippen molar-refractivity contribution in [3.05, 3.63) is 41.5 Å². The fourth-order valence-corrected chi connectivity index (χ4v) is 1.89. The summed E-state index contributed by atoms with van der Waals surface area (Å²) in [4.78, 5) is 4.33. The minimum Gasteiger partial charge on any atom is -0.310 e. The highest BCUT2D eigenvalue weighted by molar-refractivity contribution is 5.35. The van der Waals surface area contributed by atoms with Crippen LogP contribution in [0.5, 0.6) is 0 Å². The largest absolute Gasteiger partial charge is 0.310 e. The van der Waals surface area contributed by atoms with E-state index in [2.05, 4.69) is 53.5 Å². The Balaban J connectivity index is 2.24. The average molecular weight is 244 g/mol. The van der Waals surface area contributed by atoms with Crippen molar-refractivity contribution in [3.63, 3.8) is 0 Å². The van der Waals surface area contributed by atoms with E-state index >= 15 is 0 Å². The number of rotatable bonds is 4. The van der Waals surface area contributed by atoms with Gasteiger partial charge in [-0.05, 0) is 31.5 Å². The van der Waals surface area contributed by atoms with Crippen LogP contribution in [0.15, 0.2) is 24.3 Å². The van der Waals surface area contributed by atoms with Gasteiger partial charge in [0, 0.05) is 12.6 Å². The highest BCUT2D eigenvalue weighted by Crippen LogP contribution is 2.12. The quantitative estimate of drug-likeness (QED) is 0.898. The molecule has 0 spiro atoms. The molecule has 1 aromatic carbocycles. The van der Waals surface area contributed by atoms with Crippen LogP contribution in [-0.4, -0.2) is 20.8 Å². The summed E-state index contributed by atoms with van der Waals surface area (Å²) >= 11 is 0. The van der Waals surface area contributed by atoms with Gasteiger partial charge in [-0.2, -0.15) is 5.10 Å². The van der Waals surface area contributed by atoms with Crippen LogP contribution in [0.3, 0.4) is 0 Å². The molecule has 2 rings (SSSR count). The maximum Gasteiger partial charge on any atom is 0.148 e. The zero-order valence-corrected chi connectivity index (χ0v) is 11.4. The van der Waals surface area contributed by atoms with Crippen LogP contribution in [0.25, 0.3) is 5.69 Å². The molecular formula is C14H20N4. The molecule has 1 N–H and O–H groups in total. The van der Waals surface area contributed by atoms with Gasteiger partial charge in [-0.25, -0.2) is 9.67 Å². The molecule has 0 aliphatic rings. The van der Waals surface area contributed by atoms with Crippen molar-refractivity contribution in [2.24, 2.45) is 0 Å². The van der Waals surface area contributed by atoms with Gasteiger partial charge < -0.3 is 5.32 Å². The van der Waals surface area contributed by atoms with Gasteiger partial charge in [0.2, 0.25) is 0 Å². The summed E-state index contributed by atoms with van der Waals surface area (Å²) in [7, 11) is 0. The van der Waals surface area contributed by atoms with Gasteiger partial charge in [-0.1, -0.05) is 26.0 Å². The predicted octanol–water partition coefficient (Wildman–Crippen LogP) is 2.38. The number of aromatic nitrogens is 3. The highest BCUT2D eigenvalue weighted by atomic mass is 15.3. The van der Waals surface area contributed by atoms with Crippen LogP contribution in [-0.2, 0) is 6.54 Å². The van der Waals surface area contributed by atoms with Crippen molar-refractivity contribution >= 4 is 0 Å². The molecule has 0 saturated carbocycles. The molecule has 2 aromatic rings. The third-order valence-corrected chi connectivity index (χ3v) is 2.74. The van der Waals surface area contributed by atoms with Gasteiger partial charge in [0.15, 0.2) is 0 Å². The van der Waals surface area contributed by atoms with Crippen LogP contribution >= 0.6 is 0 Å². The lowest BCUT2D eigenvalue weighted by Gasteiger charge is -2.09. The number of hydrogen-bond acceptors (Lipinski definition) is 3. The summed E-state index contributed by atoms with van der Waals surface area (Å²) < 4.78 is 1.88. The van der Waals surface area contributed by atoms with Crippen LogP contribution in [0.4, 0.5) is 0 Å². The van der Waals surface area contributed by atoms with E-state index in [1.165, 1.54) is 5.56 Å². The number of nitrogens with one attached hydrogen (secondary N) is 1. The Morgan fingerprint density at radius 1 is 1.28 bits per heavy atom. The fourth-order valence-electron chi connectivity index (χ4n) is 1.89. The summed E-state index contributed by atoms with van der Waals surface area (Å²) in [6, 6.07) is 8.88. The van der Waals surface area contributed by atoms with E-state index in [4.69, 9.17) is 0 Å². The molecule has 0 radical (unpaired) electrons. The van der Waals surface area contributed by atoms with Gasteiger partial charge in [-0.15, -0.1) is 0 Å². The van der Waals surface area contributed by atoms with E-state index in [-0.39, 0.29) is 0 Å². The van der Waals surface area contributed by atoms with Gasteiger partial charge in [0.05, 0.1) is 5.69 Å². The minimum absolute atomic E-state index is 0.490. The Labute approximate surface area is 108 Å². The first-order chi connectivity index (χ1) is 8.56. The fraction of sp³-hybridized carbons (Fsp3) is 0.429. The molecule has 0 atom stereocenters. The molecule has 0 aliphatic carbocycles. The molecule has 0 aliphatic heterocycles. The Hall–Kier alpha value is -1.68. The van der Waals surface area contributed by atoms with Crippen molar-refractivity contribution in [3.8, 4) is 5.69 Å². The smallest absolute Gasteiger partial charge is 0.148 e.